The number of ketones is 1. The summed E-state index contributed by atoms with van der Waals surface area (Å²) >= 11 is 0. The first-order chi connectivity index (χ1) is 12.1. The second kappa shape index (κ2) is 9.72. The van der Waals surface area contributed by atoms with E-state index in [9.17, 15) is 9.90 Å². The fourth-order valence-corrected chi connectivity index (χ4v) is 2.82. The molecule has 0 amide bonds. The Morgan fingerprint density at radius 2 is 1.80 bits per heavy atom. The smallest absolute Gasteiger partial charge is 0.133 e. The van der Waals surface area contributed by atoms with Crippen LogP contribution in [0.25, 0.3) is 0 Å². The Hall–Kier alpha value is -2.49. The zero-order valence-corrected chi connectivity index (χ0v) is 15.0. The molecule has 0 spiro atoms. The lowest BCUT2D eigenvalue weighted by molar-refractivity contribution is -0.119. The number of methoxy groups -OCH3 is 2. The number of carbonyl (C=O) groups is 1. The molecule has 0 bridgehead atoms. The van der Waals surface area contributed by atoms with E-state index in [0.717, 1.165) is 41.9 Å². The Labute approximate surface area is 149 Å². The fourth-order valence-electron chi connectivity index (χ4n) is 2.82. The lowest BCUT2D eigenvalue weighted by Crippen LogP contribution is -2.01. The number of hydrogen-bond acceptors (Lipinski definition) is 4. The van der Waals surface area contributed by atoms with Gasteiger partial charge in [0.25, 0.3) is 0 Å². The van der Waals surface area contributed by atoms with E-state index in [1.165, 1.54) is 0 Å². The summed E-state index contributed by atoms with van der Waals surface area (Å²) in [6.45, 7) is 0. The number of Topliss-reactive ketones (excluding diaryl/α,β-unsaturated/α-hetero) is 1. The van der Waals surface area contributed by atoms with Gasteiger partial charge >= 0.3 is 0 Å². The largest absolute Gasteiger partial charge is 0.508 e. The van der Waals surface area contributed by atoms with Gasteiger partial charge in [-0.1, -0.05) is 18.2 Å². The van der Waals surface area contributed by atoms with Gasteiger partial charge in [0.15, 0.2) is 0 Å². The number of carbonyl (C=O) groups excluding carboxylic acids is 1. The molecule has 0 radical (unpaired) electrons. The number of phenolic OH excluding ortho intramolecular Hbond substituents is 1. The maximum atomic E-state index is 12.0. The number of rotatable bonds is 10. The minimum absolute atomic E-state index is 0.249. The standard InChI is InChI=1S/C21H26O4/c1-24-20-13-11-17(21(15-20)25-2)7-3-4-8-18(22)12-10-16-6-5-9-19(23)14-16/h5-6,9,11,13-15,23H,3-4,7-8,10,12H2,1-2H3. The van der Waals surface area contributed by atoms with E-state index in [1.807, 2.05) is 24.3 Å². The van der Waals surface area contributed by atoms with Crippen LogP contribution in [0.15, 0.2) is 42.5 Å². The van der Waals surface area contributed by atoms with Gasteiger partial charge in [-0.05, 0) is 55.0 Å². The van der Waals surface area contributed by atoms with Crippen molar-refractivity contribution in [3.05, 3.63) is 53.6 Å². The van der Waals surface area contributed by atoms with E-state index >= 15 is 0 Å². The predicted octanol–water partition coefficient (Wildman–Crippen LogP) is 4.32. The monoisotopic (exact) mass is 342 g/mol. The first kappa shape index (κ1) is 18.8. The summed E-state index contributed by atoms with van der Waals surface area (Å²) in [5.41, 5.74) is 2.13. The summed E-state index contributed by atoms with van der Waals surface area (Å²) in [7, 11) is 3.29. The third-order valence-electron chi connectivity index (χ3n) is 4.25. The Morgan fingerprint density at radius 3 is 2.52 bits per heavy atom. The van der Waals surface area contributed by atoms with E-state index in [4.69, 9.17) is 9.47 Å². The van der Waals surface area contributed by atoms with Crippen LogP contribution in [0.4, 0.5) is 0 Å². The molecule has 0 saturated heterocycles. The molecule has 0 saturated carbocycles. The highest BCUT2D eigenvalue weighted by Crippen LogP contribution is 2.26. The van der Waals surface area contributed by atoms with Crippen molar-refractivity contribution in [3.8, 4) is 17.2 Å². The molecule has 0 unspecified atom stereocenters. The van der Waals surface area contributed by atoms with Gasteiger partial charge < -0.3 is 14.6 Å². The number of aryl methyl sites for hydroxylation is 2. The maximum Gasteiger partial charge on any atom is 0.133 e. The van der Waals surface area contributed by atoms with Gasteiger partial charge in [0.05, 0.1) is 14.2 Å². The van der Waals surface area contributed by atoms with Gasteiger partial charge in [-0.3, -0.25) is 4.79 Å². The average molecular weight is 342 g/mol. The molecule has 0 atom stereocenters. The van der Waals surface area contributed by atoms with E-state index < -0.39 is 0 Å². The van der Waals surface area contributed by atoms with Crippen LogP contribution < -0.4 is 9.47 Å². The molecule has 0 aliphatic carbocycles. The van der Waals surface area contributed by atoms with Gasteiger partial charge in [0, 0.05) is 18.9 Å². The van der Waals surface area contributed by atoms with Crippen LogP contribution >= 0.6 is 0 Å². The second-order valence-corrected chi connectivity index (χ2v) is 6.09. The molecular formula is C21H26O4. The Balaban J connectivity index is 1.71. The molecule has 134 valence electrons. The lowest BCUT2D eigenvalue weighted by Gasteiger charge is -2.10. The molecule has 0 heterocycles. The van der Waals surface area contributed by atoms with Crippen LogP contribution in [0.2, 0.25) is 0 Å². The van der Waals surface area contributed by atoms with Crippen molar-refractivity contribution in [1.82, 2.24) is 0 Å². The average Bonchev–Trinajstić information content (AvgIpc) is 2.63. The molecule has 0 aromatic heterocycles. The number of aromatic hydroxyl groups is 1. The predicted molar refractivity (Wildman–Crippen MR) is 98.5 cm³/mol. The molecule has 0 aliphatic heterocycles. The third kappa shape index (κ3) is 6.14. The quantitative estimate of drug-likeness (QED) is 0.653. The van der Waals surface area contributed by atoms with E-state index in [2.05, 4.69) is 0 Å². The second-order valence-electron chi connectivity index (χ2n) is 6.09. The lowest BCUT2D eigenvalue weighted by atomic mass is 10.0. The molecule has 4 nitrogen and oxygen atoms in total. The van der Waals surface area contributed by atoms with Crippen molar-refractivity contribution in [2.75, 3.05) is 14.2 Å². The number of phenols is 1. The van der Waals surface area contributed by atoms with E-state index in [-0.39, 0.29) is 11.5 Å². The van der Waals surface area contributed by atoms with E-state index in [1.54, 1.807) is 32.4 Å². The fraction of sp³-hybridized carbons (Fsp3) is 0.381. The first-order valence-corrected chi connectivity index (χ1v) is 8.63. The summed E-state index contributed by atoms with van der Waals surface area (Å²) in [5, 5.41) is 9.43. The highest BCUT2D eigenvalue weighted by molar-refractivity contribution is 5.78. The van der Waals surface area contributed by atoms with Crippen LogP contribution in [-0.2, 0) is 17.6 Å². The molecule has 25 heavy (non-hydrogen) atoms. The molecule has 4 heteroatoms. The van der Waals surface area contributed by atoms with Crippen LogP contribution in [-0.4, -0.2) is 25.1 Å². The minimum Gasteiger partial charge on any atom is -0.508 e. The molecule has 2 rings (SSSR count). The van der Waals surface area contributed by atoms with Crippen LogP contribution in [0, 0.1) is 0 Å². The maximum absolute atomic E-state index is 12.0. The number of hydrogen-bond donors (Lipinski definition) is 1. The summed E-state index contributed by atoms with van der Waals surface area (Å²) in [4.78, 5) is 12.0. The molecular weight excluding hydrogens is 316 g/mol. The van der Waals surface area contributed by atoms with Gasteiger partial charge in [0.2, 0.25) is 0 Å². The van der Waals surface area contributed by atoms with E-state index in [0.29, 0.717) is 19.3 Å². The van der Waals surface area contributed by atoms with Crippen molar-refractivity contribution in [3.63, 3.8) is 0 Å². The first-order valence-electron chi connectivity index (χ1n) is 8.63. The number of unbranched alkanes of at least 4 members (excludes halogenated alkanes) is 1. The van der Waals surface area contributed by atoms with Crippen molar-refractivity contribution < 1.29 is 19.4 Å². The van der Waals surface area contributed by atoms with Crippen LogP contribution in [0.1, 0.15) is 36.8 Å². The molecule has 2 aromatic rings. The van der Waals surface area contributed by atoms with Crippen molar-refractivity contribution >= 4 is 5.78 Å². The van der Waals surface area contributed by atoms with Gasteiger partial charge in [0.1, 0.15) is 23.0 Å². The van der Waals surface area contributed by atoms with Crippen molar-refractivity contribution in [2.24, 2.45) is 0 Å². The Bertz CT molecular complexity index is 694. The Morgan fingerprint density at radius 1 is 0.960 bits per heavy atom. The summed E-state index contributed by atoms with van der Waals surface area (Å²) in [5.74, 6) is 2.13. The normalized spacial score (nSPS) is 10.5. The zero-order chi connectivity index (χ0) is 18.1. The van der Waals surface area contributed by atoms with Crippen molar-refractivity contribution in [1.29, 1.82) is 0 Å². The summed E-state index contributed by atoms with van der Waals surface area (Å²) in [6, 6.07) is 12.9. The molecule has 0 aliphatic rings. The Kier molecular flexibility index (Phi) is 7.33. The van der Waals surface area contributed by atoms with Crippen molar-refractivity contribution in [2.45, 2.75) is 38.5 Å². The summed E-state index contributed by atoms with van der Waals surface area (Å²) in [6.07, 6.45) is 4.49. The molecule has 2 aromatic carbocycles. The highest BCUT2D eigenvalue weighted by Gasteiger charge is 2.07. The molecule has 0 fully saturated rings. The topological polar surface area (TPSA) is 55.8 Å². The summed E-state index contributed by atoms with van der Waals surface area (Å²) < 4.78 is 10.6. The van der Waals surface area contributed by atoms with Gasteiger partial charge in [-0.2, -0.15) is 0 Å². The minimum atomic E-state index is 0.249. The van der Waals surface area contributed by atoms with Crippen LogP contribution in [0.5, 0.6) is 17.2 Å². The third-order valence-corrected chi connectivity index (χ3v) is 4.25. The van der Waals surface area contributed by atoms with Gasteiger partial charge in [-0.15, -0.1) is 0 Å². The number of benzene rings is 2. The number of ether oxygens (including phenoxy) is 2. The van der Waals surface area contributed by atoms with Gasteiger partial charge in [-0.25, -0.2) is 0 Å². The SMILES string of the molecule is COc1ccc(CCCCC(=O)CCc2cccc(O)c2)c(OC)c1. The molecule has 1 N–H and O–H groups in total. The highest BCUT2D eigenvalue weighted by atomic mass is 16.5. The zero-order valence-electron chi connectivity index (χ0n) is 15.0. The van der Waals surface area contributed by atoms with Crippen LogP contribution in [0.3, 0.4) is 0 Å².